The maximum Gasteiger partial charge on any atom is 0.145 e. The van der Waals surface area contributed by atoms with E-state index in [1.807, 2.05) is 0 Å². The van der Waals surface area contributed by atoms with E-state index in [0.717, 1.165) is 12.8 Å². The molecule has 1 heterocycles. The highest BCUT2D eigenvalue weighted by atomic mass is 14.9. The molecule has 1 fully saturated rings. The Balaban J connectivity index is 2.18. The summed E-state index contributed by atoms with van der Waals surface area (Å²) < 4.78 is 0. The summed E-state index contributed by atoms with van der Waals surface area (Å²) in [6, 6.07) is 4.12. The molecule has 1 aliphatic carbocycles. The number of hydrogen-bond acceptors (Lipinski definition) is 3. The van der Waals surface area contributed by atoms with Gasteiger partial charge in [0.1, 0.15) is 11.7 Å². The molecular formula is C11H13N3. The lowest BCUT2D eigenvalue weighted by atomic mass is 9.91. The normalized spacial score (nSPS) is 19.1. The summed E-state index contributed by atoms with van der Waals surface area (Å²) in [7, 11) is 0. The summed E-state index contributed by atoms with van der Waals surface area (Å²) in [5.41, 5.74) is 0. The van der Waals surface area contributed by atoms with E-state index >= 15 is 0 Å². The number of rotatable bonds is 2. The molecule has 0 N–H and O–H groups in total. The molecule has 14 heavy (non-hydrogen) atoms. The smallest absolute Gasteiger partial charge is 0.145 e. The van der Waals surface area contributed by atoms with E-state index in [9.17, 15) is 0 Å². The number of nitrogens with zero attached hydrogens (tertiary/aromatic N) is 3. The Morgan fingerprint density at radius 3 is 2.50 bits per heavy atom. The molecule has 1 aliphatic rings. The average molecular weight is 187 g/mol. The second-order valence-electron chi connectivity index (χ2n) is 3.76. The minimum absolute atomic E-state index is 0.0984. The van der Waals surface area contributed by atoms with E-state index in [1.165, 1.54) is 12.8 Å². The maximum atomic E-state index is 9.11. The van der Waals surface area contributed by atoms with E-state index < -0.39 is 0 Å². The largest absolute Gasteiger partial charge is 0.240 e. The summed E-state index contributed by atoms with van der Waals surface area (Å²) in [4.78, 5) is 8.32. The van der Waals surface area contributed by atoms with Crippen molar-refractivity contribution in [3.05, 3.63) is 24.3 Å². The molecule has 0 spiro atoms. The van der Waals surface area contributed by atoms with Gasteiger partial charge in [-0.05, 0) is 24.8 Å². The highest BCUT2D eigenvalue weighted by molar-refractivity contribution is 5.11. The van der Waals surface area contributed by atoms with E-state index in [4.69, 9.17) is 5.26 Å². The Kier molecular flexibility index (Phi) is 2.73. The number of hydrogen-bond donors (Lipinski definition) is 0. The van der Waals surface area contributed by atoms with E-state index in [1.54, 1.807) is 18.5 Å². The van der Waals surface area contributed by atoms with Crippen LogP contribution in [0.15, 0.2) is 18.5 Å². The van der Waals surface area contributed by atoms with Crippen LogP contribution in [0.2, 0.25) is 0 Å². The van der Waals surface area contributed by atoms with Crippen LogP contribution in [-0.4, -0.2) is 9.97 Å². The third-order valence-corrected chi connectivity index (χ3v) is 2.87. The van der Waals surface area contributed by atoms with Crippen LogP contribution >= 0.6 is 0 Å². The van der Waals surface area contributed by atoms with Gasteiger partial charge in [0, 0.05) is 12.4 Å². The molecule has 3 heteroatoms. The van der Waals surface area contributed by atoms with Crippen molar-refractivity contribution >= 4 is 0 Å². The summed E-state index contributed by atoms with van der Waals surface area (Å²) in [6.45, 7) is 0. The van der Waals surface area contributed by atoms with Gasteiger partial charge in [0.15, 0.2) is 0 Å². The van der Waals surface area contributed by atoms with Crippen LogP contribution in [0.3, 0.4) is 0 Å². The van der Waals surface area contributed by atoms with Gasteiger partial charge in [-0.25, -0.2) is 9.97 Å². The van der Waals surface area contributed by atoms with Gasteiger partial charge in [-0.3, -0.25) is 0 Å². The second kappa shape index (κ2) is 4.19. The summed E-state index contributed by atoms with van der Waals surface area (Å²) in [5, 5.41) is 9.11. The minimum atomic E-state index is -0.0984. The van der Waals surface area contributed by atoms with E-state index in [0.29, 0.717) is 11.7 Å². The Hall–Kier alpha value is -1.43. The molecule has 3 nitrogen and oxygen atoms in total. The Morgan fingerprint density at radius 2 is 1.93 bits per heavy atom. The summed E-state index contributed by atoms with van der Waals surface area (Å²) in [6.07, 6.45) is 8.21. The lowest BCUT2D eigenvalue weighted by molar-refractivity contribution is 0.484. The third-order valence-electron chi connectivity index (χ3n) is 2.87. The average Bonchev–Trinajstić information content (AvgIpc) is 2.74. The fraction of sp³-hybridized carbons (Fsp3) is 0.545. The van der Waals surface area contributed by atoms with Crippen molar-refractivity contribution in [1.29, 1.82) is 5.26 Å². The van der Waals surface area contributed by atoms with Crippen LogP contribution in [-0.2, 0) is 0 Å². The van der Waals surface area contributed by atoms with Gasteiger partial charge in [0.05, 0.1) is 6.07 Å². The molecular weight excluding hydrogens is 174 g/mol. The van der Waals surface area contributed by atoms with Crippen molar-refractivity contribution in [2.45, 2.75) is 31.6 Å². The van der Waals surface area contributed by atoms with Crippen molar-refractivity contribution in [2.75, 3.05) is 0 Å². The zero-order chi connectivity index (χ0) is 9.80. The van der Waals surface area contributed by atoms with Gasteiger partial charge in [-0.2, -0.15) is 5.26 Å². The lowest BCUT2D eigenvalue weighted by Crippen LogP contribution is -2.10. The minimum Gasteiger partial charge on any atom is -0.240 e. The maximum absolute atomic E-state index is 9.11. The molecule has 72 valence electrons. The van der Waals surface area contributed by atoms with Crippen molar-refractivity contribution < 1.29 is 0 Å². The molecule has 0 aromatic carbocycles. The van der Waals surface area contributed by atoms with Gasteiger partial charge < -0.3 is 0 Å². The van der Waals surface area contributed by atoms with Crippen molar-refractivity contribution in [1.82, 2.24) is 9.97 Å². The molecule has 2 rings (SSSR count). The van der Waals surface area contributed by atoms with Gasteiger partial charge in [-0.1, -0.05) is 12.8 Å². The van der Waals surface area contributed by atoms with Gasteiger partial charge in [0.25, 0.3) is 0 Å². The molecule has 0 radical (unpaired) electrons. The quantitative estimate of drug-likeness (QED) is 0.713. The van der Waals surface area contributed by atoms with Crippen LogP contribution in [0.1, 0.15) is 37.4 Å². The predicted molar refractivity (Wildman–Crippen MR) is 52.3 cm³/mol. The molecule has 1 unspecified atom stereocenters. The molecule has 0 bridgehead atoms. The Labute approximate surface area is 83.8 Å². The van der Waals surface area contributed by atoms with Gasteiger partial charge in [0.2, 0.25) is 0 Å². The summed E-state index contributed by atoms with van der Waals surface area (Å²) in [5.74, 6) is 1.07. The number of nitriles is 1. The standard InChI is InChI=1S/C11H13N3/c12-8-10(9-4-1-2-5-9)11-13-6-3-7-14-11/h3,6-7,9-10H,1-2,4-5H2. The first kappa shape index (κ1) is 9.14. The topological polar surface area (TPSA) is 49.6 Å². The van der Waals surface area contributed by atoms with Crippen molar-refractivity contribution in [3.63, 3.8) is 0 Å². The Morgan fingerprint density at radius 1 is 1.29 bits per heavy atom. The molecule has 1 atom stereocenters. The second-order valence-corrected chi connectivity index (χ2v) is 3.76. The molecule has 1 saturated carbocycles. The van der Waals surface area contributed by atoms with Crippen LogP contribution < -0.4 is 0 Å². The molecule has 1 aromatic rings. The zero-order valence-electron chi connectivity index (χ0n) is 8.06. The summed E-state index contributed by atoms with van der Waals surface area (Å²) >= 11 is 0. The molecule has 0 aliphatic heterocycles. The van der Waals surface area contributed by atoms with Crippen molar-refractivity contribution in [2.24, 2.45) is 5.92 Å². The highest BCUT2D eigenvalue weighted by Gasteiger charge is 2.27. The monoisotopic (exact) mass is 187 g/mol. The molecule has 1 aromatic heterocycles. The first-order valence-electron chi connectivity index (χ1n) is 5.08. The van der Waals surface area contributed by atoms with Gasteiger partial charge in [-0.15, -0.1) is 0 Å². The van der Waals surface area contributed by atoms with Crippen LogP contribution in [0.4, 0.5) is 0 Å². The molecule has 0 amide bonds. The first-order valence-corrected chi connectivity index (χ1v) is 5.08. The van der Waals surface area contributed by atoms with Gasteiger partial charge >= 0.3 is 0 Å². The van der Waals surface area contributed by atoms with Crippen LogP contribution in [0.25, 0.3) is 0 Å². The van der Waals surface area contributed by atoms with Crippen molar-refractivity contribution in [3.8, 4) is 6.07 Å². The fourth-order valence-corrected chi connectivity index (χ4v) is 2.14. The molecule has 0 saturated heterocycles. The van der Waals surface area contributed by atoms with Crippen LogP contribution in [0.5, 0.6) is 0 Å². The highest BCUT2D eigenvalue weighted by Crippen LogP contribution is 2.35. The van der Waals surface area contributed by atoms with E-state index in [-0.39, 0.29) is 5.92 Å². The zero-order valence-corrected chi connectivity index (χ0v) is 8.06. The lowest BCUT2D eigenvalue weighted by Gasteiger charge is -2.13. The SMILES string of the molecule is N#CC(c1ncccn1)C1CCCC1. The predicted octanol–water partition coefficient (Wildman–Crippen LogP) is 2.27. The van der Waals surface area contributed by atoms with E-state index in [2.05, 4.69) is 16.0 Å². The fourth-order valence-electron chi connectivity index (χ4n) is 2.14. The Bertz CT molecular complexity index is 322. The third kappa shape index (κ3) is 1.74. The van der Waals surface area contributed by atoms with Crippen LogP contribution in [0, 0.1) is 17.2 Å². The first-order chi connectivity index (χ1) is 6.92. The number of aromatic nitrogens is 2.